The number of likely N-dealkylation sites (tertiary alicyclic amines) is 1. The first-order valence-electron chi connectivity index (χ1n) is 9.00. The molecule has 0 unspecified atom stereocenters. The fourth-order valence-electron chi connectivity index (χ4n) is 3.39. The number of halogens is 2. The topological polar surface area (TPSA) is 84.1 Å². The van der Waals surface area contributed by atoms with Crippen molar-refractivity contribution in [1.29, 1.82) is 0 Å². The Hall–Kier alpha value is -2.77. The predicted octanol–water partition coefficient (Wildman–Crippen LogP) is 3.38. The van der Waals surface area contributed by atoms with Crippen molar-refractivity contribution in [2.75, 3.05) is 25.0 Å². The molecule has 1 aliphatic rings. The Kier molecular flexibility index (Phi) is 5.11. The molecule has 0 bridgehead atoms. The molecule has 3 N–H and O–H groups in total. The van der Waals surface area contributed by atoms with Crippen molar-refractivity contribution in [3.63, 3.8) is 0 Å². The van der Waals surface area contributed by atoms with Crippen LogP contribution in [0.25, 0.3) is 10.9 Å². The number of nitrogens with zero attached hydrogens (tertiary/aromatic N) is 3. The molecule has 8 heteroatoms. The molecule has 2 heterocycles. The highest BCUT2D eigenvalue weighted by Crippen LogP contribution is 2.31. The van der Waals surface area contributed by atoms with Gasteiger partial charge in [-0.2, -0.15) is 0 Å². The molecule has 6 nitrogen and oxygen atoms in total. The summed E-state index contributed by atoms with van der Waals surface area (Å²) in [6.07, 6.45) is 2.55. The molecule has 0 saturated carbocycles. The third kappa shape index (κ3) is 3.63. The fourth-order valence-corrected chi connectivity index (χ4v) is 3.69. The van der Waals surface area contributed by atoms with E-state index in [2.05, 4.69) is 20.2 Å². The highest BCUT2D eigenvalue weighted by molar-refractivity contribution is 6.31. The minimum Gasteiger partial charge on any atom is -0.366 e. The molecule has 1 aliphatic heterocycles. The van der Waals surface area contributed by atoms with E-state index in [1.54, 1.807) is 18.2 Å². The first-order chi connectivity index (χ1) is 13.5. The maximum Gasteiger partial charge on any atom is 0.250 e. The maximum absolute atomic E-state index is 13.5. The van der Waals surface area contributed by atoms with E-state index in [1.807, 2.05) is 6.07 Å². The summed E-state index contributed by atoms with van der Waals surface area (Å²) in [5.74, 6) is -0.358. The Morgan fingerprint density at radius 2 is 2.11 bits per heavy atom. The lowest BCUT2D eigenvalue weighted by Gasteiger charge is -2.35. The van der Waals surface area contributed by atoms with Gasteiger partial charge in [0, 0.05) is 17.0 Å². The third-order valence-electron chi connectivity index (χ3n) is 4.97. The highest BCUT2D eigenvalue weighted by Gasteiger charge is 2.24. The van der Waals surface area contributed by atoms with Crippen molar-refractivity contribution < 1.29 is 9.18 Å². The van der Waals surface area contributed by atoms with Gasteiger partial charge in [0.05, 0.1) is 17.1 Å². The van der Waals surface area contributed by atoms with Crippen LogP contribution < -0.4 is 11.1 Å². The van der Waals surface area contributed by atoms with E-state index in [4.69, 9.17) is 17.3 Å². The monoisotopic (exact) mass is 399 g/mol. The minimum absolute atomic E-state index is 0.205. The largest absolute Gasteiger partial charge is 0.366 e. The van der Waals surface area contributed by atoms with Crippen LogP contribution in [0.4, 0.5) is 10.2 Å². The number of aromatic nitrogens is 2. The van der Waals surface area contributed by atoms with E-state index in [-0.39, 0.29) is 11.9 Å². The molecule has 2 aromatic carbocycles. The smallest absolute Gasteiger partial charge is 0.250 e. The van der Waals surface area contributed by atoms with E-state index in [9.17, 15) is 9.18 Å². The van der Waals surface area contributed by atoms with Gasteiger partial charge in [-0.15, -0.1) is 0 Å². The van der Waals surface area contributed by atoms with Crippen LogP contribution in [0.2, 0.25) is 5.02 Å². The summed E-state index contributed by atoms with van der Waals surface area (Å²) in [6, 6.07) is 9.40. The number of nitrogens with one attached hydrogen (secondary N) is 1. The van der Waals surface area contributed by atoms with Crippen LogP contribution in [-0.4, -0.2) is 40.4 Å². The second-order valence-corrected chi connectivity index (χ2v) is 7.21. The zero-order valence-corrected chi connectivity index (χ0v) is 15.8. The molecule has 1 aromatic heterocycles. The fraction of sp³-hybridized carbons (Fsp3) is 0.250. The number of nitrogens with two attached hydrogens (primary N) is 1. The van der Waals surface area contributed by atoms with Crippen LogP contribution in [0.5, 0.6) is 0 Å². The molecule has 0 radical (unpaired) electrons. The SMILES string of the molecule is NC(=O)c1cccc2c(N[C@H](CN3CCC3)c3ccc(F)cc3Cl)ncnc12. The average Bonchev–Trinajstić information content (AvgIpc) is 2.63. The number of carbonyl (C=O) groups is 1. The van der Waals surface area contributed by atoms with E-state index in [0.717, 1.165) is 25.1 Å². The predicted molar refractivity (Wildman–Crippen MR) is 107 cm³/mol. The summed E-state index contributed by atoms with van der Waals surface area (Å²) in [6.45, 7) is 2.72. The molecule has 144 valence electrons. The lowest BCUT2D eigenvalue weighted by atomic mass is 10.0. The van der Waals surface area contributed by atoms with Crippen LogP contribution in [-0.2, 0) is 0 Å². The molecular formula is C20H19ClFN5O. The number of primary amides is 1. The van der Waals surface area contributed by atoms with Gasteiger partial charge in [-0.05, 0) is 49.3 Å². The number of rotatable bonds is 6. The number of carbonyl (C=O) groups excluding carboxylic acids is 1. The van der Waals surface area contributed by atoms with Crippen molar-refractivity contribution in [3.8, 4) is 0 Å². The Balaban J connectivity index is 1.74. The summed E-state index contributed by atoms with van der Waals surface area (Å²) >= 11 is 6.33. The molecule has 4 rings (SSSR count). The first kappa shape index (κ1) is 18.6. The Morgan fingerprint density at radius 1 is 1.29 bits per heavy atom. The van der Waals surface area contributed by atoms with Gasteiger partial charge in [0.15, 0.2) is 0 Å². The molecular weight excluding hydrogens is 381 g/mol. The summed E-state index contributed by atoms with van der Waals surface area (Å²) in [4.78, 5) is 22.6. The van der Waals surface area contributed by atoms with E-state index in [1.165, 1.54) is 18.5 Å². The lowest BCUT2D eigenvalue weighted by Crippen LogP contribution is -2.41. The summed E-state index contributed by atoms with van der Waals surface area (Å²) in [7, 11) is 0. The van der Waals surface area contributed by atoms with Crippen molar-refractivity contribution >= 4 is 34.2 Å². The summed E-state index contributed by atoms with van der Waals surface area (Å²) in [5.41, 5.74) is 7.08. The van der Waals surface area contributed by atoms with Crippen molar-refractivity contribution in [2.45, 2.75) is 12.5 Å². The Bertz CT molecular complexity index is 1040. The van der Waals surface area contributed by atoms with E-state index >= 15 is 0 Å². The number of fused-ring (bicyclic) bond motifs is 1. The van der Waals surface area contributed by atoms with Gasteiger partial charge in [0.1, 0.15) is 18.0 Å². The molecule has 1 saturated heterocycles. The lowest BCUT2D eigenvalue weighted by molar-refractivity contribution is 0.100. The maximum atomic E-state index is 13.5. The van der Waals surface area contributed by atoms with Crippen molar-refractivity contribution in [1.82, 2.24) is 14.9 Å². The molecule has 0 aliphatic carbocycles. The molecule has 1 fully saturated rings. The minimum atomic E-state index is -0.547. The Morgan fingerprint density at radius 3 is 2.79 bits per heavy atom. The number of hydrogen-bond acceptors (Lipinski definition) is 5. The summed E-state index contributed by atoms with van der Waals surface area (Å²) < 4.78 is 13.5. The van der Waals surface area contributed by atoms with Gasteiger partial charge < -0.3 is 16.0 Å². The van der Waals surface area contributed by atoms with E-state index in [0.29, 0.717) is 33.9 Å². The molecule has 1 amide bonds. The van der Waals surface area contributed by atoms with Gasteiger partial charge in [0.25, 0.3) is 5.91 Å². The third-order valence-corrected chi connectivity index (χ3v) is 5.30. The van der Waals surface area contributed by atoms with Crippen LogP contribution in [0.15, 0.2) is 42.7 Å². The van der Waals surface area contributed by atoms with Crippen LogP contribution in [0.1, 0.15) is 28.4 Å². The quantitative estimate of drug-likeness (QED) is 0.663. The van der Waals surface area contributed by atoms with Crippen molar-refractivity contribution in [2.24, 2.45) is 5.73 Å². The van der Waals surface area contributed by atoms with Gasteiger partial charge in [-0.25, -0.2) is 14.4 Å². The van der Waals surface area contributed by atoms with Gasteiger partial charge in [0.2, 0.25) is 0 Å². The van der Waals surface area contributed by atoms with Gasteiger partial charge in [-0.1, -0.05) is 23.7 Å². The van der Waals surface area contributed by atoms with Crippen molar-refractivity contribution in [3.05, 3.63) is 64.7 Å². The second-order valence-electron chi connectivity index (χ2n) is 6.81. The zero-order chi connectivity index (χ0) is 19.7. The van der Waals surface area contributed by atoms with Gasteiger partial charge in [-0.3, -0.25) is 4.79 Å². The number of benzene rings is 2. The first-order valence-corrected chi connectivity index (χ1v) is 9.38. The normalized spacial score (nSPS) is 15.2. The molecule has 0 spiro atoms. The zero-order valence-electron chi connectivity index (χ0n) is 15.0. The van der Waals surface area contributed by atoms with Crippen LogP contribution in [0.3, 0.4) is 0 Å². The van der Waals surface area contributed by atoms with Crippen LogP contribution in [0, 0.1) is 5.82 Å². The second kappa shape index (κ2) is 7.69. The number of anilines is 1. The number of amides is 1. The Labute approximate surface area is 166 Å². The molecule has 28 heavy (non-hydrogen) atoms. The standard InChI is InChI=1S/C20H19ClFN5O/c21-16-9-12(22)5-6-13(16)17(10-27-7-2-8-27)26-20-15-4-1-3-14(19(23)28)18(15)24-11-25-20/h1,3-6,9,11,17H,2,7-8,10H2,(H2,23,28)(H,24,25,26)/t17-/m1/s1. The number of hydrogen-bond donors (Lipinski definition) is 2. The van der Waals surface area contributed by atoms with Gasteiger partial charge >= 0.3 is 0 Å². The molecule has 3 aromatic rings. The van der Waals surface area contributed by atoms with Crippen LogP contribution >= 0.6 is 11.6 Å². The molecule has 1 atom stereocenters. The number of para-hydroxylation sites is 1. The average molecular weight is 400 g/mol. The summed E-state index contributed by atoms with van der Waals surface area (Å²) in [5, 5.41) is 4.45. The highest BCUT2D eigenvalue weighted by atomic mass is 35.5. The van der Waals surface area contributed by atoms with E-state index < -0.39 is 5.91 Å².